The Hall–Kier alpha value is -1.20. The van der Waals surface area contributed by atoms with Crippen molar-refractivity contribution in [2.75, 3.05) is 13.6 Å². The number of aromatic nitrogens is 1. The zero-order valence-electron chi connectivity index (χ0n) is 10.7. The maximum atomic E-state index is 13.1. The Morgan fingerprint density at radius 2 is 2.21 bits per heavy atom. The molecule has 0 aliphatic heterocycles. The van der Waals surface area contributed by atoms with Crippen molar-refractivity contribution in [3.63, 3.8) is 0 Å². The van der Waals surface area contributed by atoms with E-state index >= 15 is 0 Å². The summed E-state index contributed by atoms with van der Waals surface area (Å²) < 4.78 is 13.1. The average molecular weight is 287 g/mol. The lowest BCUT2D eigenvalue weighted by molar-refractivity contribution is 0.0156. The van der Waals surface area contributed by atoms with Crippen LogP contribution in [0.2, 0.25) is 5.15 Å². The highest BCUT2D eigenvalue weighted by Gasteiger charge is 2.34. The monoisotopic (exact) mass is 286 g/mol. The summed E-state index contributed by atoms with van der Waals surface area (Å²) in [4.78, 5) is 17.2. The summed E-state index contributed by atoms with van der Waals surface area (Å²) in [6.07, 6.45) is 4.24. The summed E-state index contributed by atoms with van der Waals surface area (Å²) in [5.41, 5.74) is -0.816. The van der Waals surface area contributed by atoms with Gasteiger partial charge in [0.25, 0.3) is 5.91 Å². The molecule has 2 rings (SSSR count). The number of nitrogens with zero attached hydrogens (tertiary/aromatic N) is 2. The number of aliphatic hydroxyl groups is 1. The molecule has 0 unspecified atom stereocenters. The normalized spacial score (nSPS) is 17.5. The van der Waals surface area contributed by atoms with Gasteiger partial charge in [-0.2, -0.15) is 0 Å². The minimum absolute atomic E-state index is 0.0192. The number of likely N-dealkylation sites (N-methyl/N-ethyl adjacent to an activating group) is 1. The van der Waals surface area contributed by atoms with Gasteiger partial charge in [-0.1, -0.05) is 24.4 Å². The summed E-state index contributed by atoms with van der Waals surface area (Å²) in [6, 6.07) is 1.06. The minimum Gasteiger partial charge on any atom is -0.388 e. The maximum Gasteiger partial charge on any atom is 0.256 e. The summed E-state index contributed by atoms with van der Waals surface area (Å²) >= 11 is 5.80. The molecule has 6 heteroatoms. The molecule has 104 valence electrons. The Morgan fingerprint density at radius 1 is 1.58 bits per heavy atom. The lowest BCUT2D eigenvalue weighted by atomic mass is 10.0. The topological polar surface area (TPSA) is 53.4 Å². The van der Waals surface area contributed by atoms with Crippen molar-refractivity contribution >= 4 is 17.5 Å². The van der Waals surface area contributed by atoms with E-state index in [1.807, 2.05) is 0 Å². The molecule has 0 saturated heterocycles. The predicted octanol–water partition coefficient (Wildman–Crippen LogP) is 2.25. The molecule has 1 aromatic heterocycles. The van der Waals surface area contributed by atoms with E-state index in [2.05, 4.69) is 4.98 Å². The molecule has 19 heavy (non-hydrogen) atoms. The molecule has 4 nitrogen and oxygen atoms in total. The van der Waals surface area contributed by atoms with Crippen molar-refractivity contribution in [3.05, 3.63) is 28.8 Å². The first-order valence-corrected chi connectivity index (χ1v) is 6.58. The van der Waals surface area contributed by atoms with Crippen molar-refractivity contribution in [2.45, 2.75) is 31.3 Å². The molecule has 1 saturated carbocycles. The average Bonchev–Trinajstić information content (AvgIpc) is 2.78. The number of amides is 1. The molecule has 0 bridgehead atoms. The Labute approximate surface area is 116 Å². The molecule has 0 radical (unpaired) electrons. The summed E-state index contributed by atoms with van der Waals surface area (Å²) in [7, 11) is 1.57. The zero-order valence-corrected chi connectivity index (χ0v) is 11.5. The van der Waals surface area contributed by atoms with Crippen molar-refractivity contribution < 1.29 is 14.3 Å². The highest BCUT2D eigenvalue weighted by Crippen LogP contribution is 2.30. The smallest absolute Gasteiger partial charge is 0.256 e. The van der Waals surface area contributed by atoms with E-state index in [1.165, 1.54) is 4.90 Å². The molecule has 1 N–H and O–H groups in total. The van der Waals surface area contributed by atoms with Crippen LogP contribution in [0.25, 0.3) is 0 Å². The van der Waals surface area contributed by atoms with Crippen LogP contribution in [0.5, 0.6) is 0 Å². The van der Waals surface area contributed by atoms with Crippen LogP contribution in [0.1, 0.15) is 36.0 Å². The van der Waals surface area contributed by atoms with Crippen LogP contribution in [-0.2, 0) is 0 Å². The number of hydrogen-bond acceptors (Lipinski definition) is 3. The molecule has 1 amide bonds. The van der Waals surface area contributed by atoms with Gasteiger partial charge in [-0.25, -0.2) is 9.37 Å². The van der Waals surface area contributed by atoms with Gasteiger partial charge in [0.2, 0.25) is 0 Å². The van der Waals surface area contributed by atoms with E-state index in [4.69, 9.17) is 11.6 Å². The van der Waals surface area contributed by atoms with Crippen molar-refractivity contribution in [3.8, 4) is 0 Å². The van der Waals surface area contributed by atoms with Gasteiger partial charge in [0.05, 0.1) is 17.4 Å². The van der Waals surface area contributed by atoms with Gasteiger partial charge >= 0.3 is 0 Å². The highest BCUT2D eigenvalue weighted by molar-refractivity contribution is 6.32. The second kappa shape index (κ2) is 5.43. The first-order chi connectivity index (χ1) is 8.91. The molecule has 1 aliphatic rings. The zero-order chi connectivity index (χ0) is 14.0. The van der Waals surface area contributed by atoms with Crippen LogP contribution in [0, 0.1) is 5.82 Å². The Morgan fingerprint density at radius 3 is 2.84 bits per heavy atom. The molecule has 0 spiro atoms. The molecule has 1 fully saturated rings. The summed E-state index contributed by atoms with van der Waals surface area (Å²) in [5.74, 6) is -1.04. The van der Waals surface area contributed by atoms with E-state index in [0.29, 0.717) is 12.8 Å². The second-order valence-electron chi connectivity index (χ2n) is 5.08. The van der Waals surface area contributed by atoms with Gasteiger partial charge in [0.15, 0.2) is 0 Å². The SMILES string of the molecule is CN(CC1(O)CCCC1)C(=O)c1cc(F)cnc1Cl. The van der Waals surface area contributed by atoms with Gasteiger partial charge in [-0.3, -0.25) is 4.79 Å². The van der Waals surface area contributed by atoms with E-state index in [1.54, 1.807) is 7.05 Å². The van der Waals surface area contributed by atoms with Gasteiger partial charge in [-0.05, 0) is 18.9 Å². The minimum atomic E-state index is -0.836. The van der Waals surface area contributed by atoms with Crippen LogP contribution in [0.15, 0.2) is 12.3 Å². The third-order valence-electron chi connectivity index (χ3n) is 3.45. The summed E-state index contributed by atoms with van der Waals surface area (Å²) in [5, 5.41) is 10.2. The molecule has 1 aliphatic carbocycles. The molecule has 1 aromatic rings. The van der Waals surface area contributed by atoms with Crippen molar-refractivity contribution in [2.24, 2.45) is 0 Å². The van der Waals surface area contributed by atoms with Gasteiger partial charge in [0.1, 0.15) is 11.0 Å². The lowest BCUT2D eigenvalue weighted by Crippen LogP contribution is -2.42. The summed E-state index contributed by atoms with van der Waals surface area (Å²) in [6.45, 7) is 0.221. The number of carbonyl (C=O) groups excluding carboxylic acids is 1. The van der Waals surface area contributed by atoms with Crippen LogP contribution < -0.4 is 0 Å². The van der Waals surface area contributed by atoms with E-state index < -0.39 is 17.3 Å². The molecule has 0 aromatic carbocycles. The molecular weight excluding hydrogens is 271 g/mol. The van der Waals surface area contributed by atoms with E-state index in [-0.39, 0.29) is 17.3 Å². The molecular formula is C13H16ClFN2O2. The van der Waals surface area contributed by atoms with Gasteiger partial charge < -0.3 is 10.0 Å². The largest absolute Gasteiger partial charge is 0.388 e. The number of carbonyl (C=O) groups is 1. The standard InChI is InChI=1S/C13H16ClFN2O2/c1-17(8-13(19)4-2-3-5-13)12(18)10-6-9(15)7-16-11(10)14/h6-7,19H,2-5,8H2,1H3. The van der Waals surface area contributed by atoms with E-state index in [0.717, 1.165) is 25.1 Å². The fraction of sp³-hybridized carbons (Fsp3) is 0.538. The first kappa shape index (κ1) is 14.2. The van der Waals surface area contributed by atoms with E-state index in [9.17, 15) is 14.3 Å². The number of halogens is 2. The first-order valence-electron chi connectivity index (χ1n) is 6.20. The van der Waals surface area contributed by atoms with Crippen LogP contribution in [0.3, 0.4) is 0 Å². The Bertz CT molecular complexity index is 490. The van der Waals surface area contributed by atoms with Crippen LogP contribution >= 0.6 is 11.6 Å². The molecule has 1 heterocycles. The van der Waals surface area contributed by atoms with Gasteiger partial charge in [0, 0.05) is 13.6 Å². The van der Waals surface area contributed by atoms with Crippen LogP contribution in [0.4, 0.5) is 4.39 Å². The highest BCUT2D eigenvalue weighted by atomic mass is 35.5. The maximum absolute atomic E-state index is 13.1. The third-order valence-corrected chi connectivity index (χ3v) is 3.75. The predicted molar refractivity (Wildman–Crippen MR) is 69.6 cm³/mol. The van der Waals surface area contributed by atoms with Crippen molar-refractivity contribution in [1.29, 1.82) is 0 Å². The third kappa shape index (κ3) is 3.22. The van der Waals surface area contributed by atoms with Gasteiger partial charge in [-0.15, -0.1) is 0 Å². The Balaban J connectivity index is 2.12. The second-order valence-corrected chi connectivity index (χ2v) is 5.44. The fourth-order valence-electron chi connectivity index (χ4n) is 2.48. The number of hydrogen-bond donors (Lipinski definition) is 1. The number of rotatable bonds is 3. The Kier molecular flexibility index (Phi) is 4.06. The van der Waals surface area contributed by atoms with Crippen LogP contribution in [-0.4, -0.2) is 40.1 Å². The van der Waals surface area contributed by atoms with Crippen molar-refractivity contribution in [1.82, 2.24) is 9.88 Å². The fourth-order valence-corrected chi connectivity index (χ4v) is 2.67. The lowest BCUT2D eigenvalue weighted by Gasteiger charge is -2.28. The quantitative estimate of drug-likeness (QED) is 0.867. The number of pyridine rings is 1. The molecule has 0 atom stereocenters.